The number of guanidine groups is 1. The summed E-state index contributed by atoms with van der Waals surface area (Å²) in [6.45, 7) is 10.5. The van der Waals surface area contributed by atoms with Crippen LogP contribution in [0.15, 0.2) is 29.4 Å². The largest absolute Gasteiger partial charge is 0.357 e. The number of aliphatic imine (C=N–C) groups is 1. The SMILES string of the molecule is CCNC(=NCCC1CCN(C)CC1)N1CCN(c2ccccn2)CC1. The Balaban J connectivity index is 1.48. The summed E-state index contributed by atoms with van der Waals surface area (Å²) in [5.41, 5.74) is 0. The smallest absolute Gasteiger partial charge is 0.194 e. The summed E-state index contributed by atoms with van der Waals surface area (Å²) >= 11 is 0. The van der Waals surface area contributed by atoms with Gasteiger partial charge < -0.3 is 20.0 Å². The van der Waals surface area contributed by atoms with Crippen LogP contribution in [0.3, 0.4) is 0 Å². The molecule has 0 aromatic carbocycles. The van der Waals surface area contributed by atoms with Crippen LogP contribution in [0.2, 0.25) is 0 Å². The van der Waals surface area contributed by atoms with Crippen LogP contribution in [0.1, 0.15) is 26.2 Å². The molecule has 0 atom stereocenters. The van der Waals surface area contributed by atoms with Crippen molar-refractivity contribution in [2.45, 2.75) is 26.2 Å². The number of aromatic nitrogens is 1. The standard InChI is InChI=1S/C20H34N6/c1-3-21-20(23-11-7-18-8-12-24(2)13-9-18)26-16-14-25(15-17-26)19-6-4-5-10-22-19/h4-6,10,18H,3,7-9,11-17H2,1-2H3,(H,21,23). The van der Waals surface area contributed by atoms with Crippen molar-refractivity contribution in [1.82, 2.24) is 20.1 Å². The quantitative estimate of drug-likeness (QED) is 0.643. The molecule has 0 aliphatic carbocycles. The summed E-state index contributed by atoms with van der Waals surface area (Å²) in [6, 6.07) is 6.12. The first-order chi connectivity index (χ1) is 12.8. The lowest BCUT2D eigenvalue weighted by Crippen LogP contribution is -2.52. The maximum atomic E-state index is 4.93. The molecular weight excluding hydrogens is 324 g/mol. The predicted molar refractivity (Wildman–Crippen MR) is 109 cm³/mol. The fourth-order valence-electron chi connectivity index (χ4n) is 3.82. The highest BCUT2D eigenvalue weighted by atomic mass is 15.4. The average molecular weight is 359 g/mol. The maximum Gasteiger partial charge on any atom is 0.194 e. The fourth-order valence-corrected chi connectivity index (χ4v) is 3.82. The molecule has 0 unspecified atom stereocenters. The topological polar surface area (TPSA) is 47.0 Å². The molecule has 0 bridgehead atoms. The number of likely N-dealkylation sites (tertiary alicyclic amines) is 1. The predicted octanol–water partition coefficient (Wildman–Crippen LogP) is 1.90. The van der Waals surface area contributed by atoms with Crippen LogP contribution < -0.4 is 10.2 Å². The van der Waals surface area contributed by atoms with E-state index < -0.39 is 0 Å². The number of pyridine rings is 1. The van der Waals surface area contributed by atoms with E-state index in [0.29, 0.717) is 0 Å². The summed E-state index contributed by atoms with van der Waals surface area (Å²) in [5, 5.41) is 3.49. The van der Waals surface area contributed by atoms with E-state index in [4.69, 9.17) is 4.99 Å². The van der Waals surface area contributed by atoms with Gasteiger partial charge in [-0.05, 0) is 64.4 Å². The maximum absolute atomic E-state index is 4.93. The Kier molecular flexibility index (Phi) is 7.12. The Morgan fingerprint density at radius 1 is 1.15 bits per heavy atom. The molecule has 6 nitrogen and oxygen atoms in total. The molecule has 3 rings (SSSR count). The van der Waals surface area contributed by atoms with E-state index in [1.807, 2.05) is 12.3 Å². The van der Waals surface area contributed by atoms with E-state index in [1.54, 1.807) is 0 Å². The number of hydrogen-bond acceptors (Lipinski definition) is 4. The van der Waals surface area contributed by atoms with E-state index in [9.17, 15) is 0 Å². The van der Waals surface area contributed by atoms with Crippen LogP contribution in [0.4, 0.5) is 5.82 Å². The number of piperidine rings is 1. The first kappa shape index (κ1) is 19.0. The fraction of sp³-hybridized carbons (Fsp3) is 0.700. The van der Waals surface area contributed by atoms with Gasteiger partial charge in [0.2, 0.25) is 0 Å². The van der Waals surface area contributed by atoms with Gasteiger partial charge in [0.1, 0.15) is 5.82 Å². The monoisotopic (exact) mass is 358 g/mol. The van der Waals surface area contributed by atoms with Gasteiger partial charge in [0.05, 0.1) is 0 Å². The molecule has 2 aliphatic heterocycles. The van der Waals surface area contributed by atoms with E-state index in [0.717, 1.165) is 57.0 Å². The Bertz CT molecular complexity index is 545. The lowest BCUT2D eigenvalue weighted by Gasteiger charge is -2.37. The Morgan fingerprint density at radius 3 is 2.58 bits per heavy atom. The van der Waals surface area contributed by atoms with Crippen molar-refractivity contribution in [1.29, 1.82) is 0 Å². The van der Waals surface area contributed by atoms with Crippen molar-refractivity contribution in [3.8, 4) is 0 Å². The third-order valence-electron chi connectivity index (χ3n) is 5.52. The van der Waals surface area contributed by atoms with Gasteiger partial charge in [-0.25, -0.2) is 4.98 Å². The molecule has 2 aliphatic rings. The van der Waals surface area contributed by atoms with Crippen LogP contribution in [0.5, 0.6) is 0 Å². The van der Waals surface area contributed by atoms with Crippen LogP contribution in [0.25, 0.3) is 0 Å². The minimum Gasteiger partial charge on any atom is -0.357 e. The zero-order valence-corrected chi connectivity index (χ0v) is 16.4. The molecule has 1 aromatic heterocycles. The molecule has 2 saturated heterocycles. The molecule has 3 heterocycles. The van der Waals surface area contributed by atoms with Crippen molar-refractivity contribution >= 4 is 11.8 Å². The van der Waals surface area contributed by atoms with E-state index in [2.05, 4.69) is 51.1 Å². The Hall–Kier alpha value is -1.82. The normalized spacial score (nSPS) is 20.5. The number of nitrogens with zero attached hydrogens (tertiary/aromatic N) is 5. The van der Waals surface area contributed by atoms with Gasteiger partial charge in [-0.3, -0.25) is 4.99 Å². The van der Waals surface area contributed by atoms with Crippen LogP contribution in [-0.2, 0) is 0 Å². The van der Waals surface area contributed by atoms with Gasteiger partial charge in [0.25, 0.3) is 0 Å². The summed E-state index contributed by atoms with van der Waals surface area (Å²) in [6.07, 6.45) is 5.74. The van der Waals surface area contributed by atoms with Crippen LogP contribution in [-0.4, -0.2) is 80.1 Å². The van der Waals surface area contributed by atoms with Crippen LogP contribution >= 0.6 is 0 Å². The van der Waals surface area contributed by atoms with Gasteiger partial charge in [-0.15, -0.1) is 0 Å². The summed E-state index contributed by atoms with van der Waals surface area (Å²) in [4.78, 5) is 16.6. The second kappa shape index (κ2) is 9.76. The highest BCUT2D eigenvalue weighted by Crippen LogP contribution is 2.19. The second-order valence-electron chi connectivity index (χ2n) is 7.43. The number of anilines is 1. The lowest BCUT2D eigenvalue weighted by molar-refractivity contribution is 0.214. The zero-order valence-electron chi connectivity index (χ0n) is 16.4. The molecule has 2 fully saturated rings. The first-order valence-corrected chi connectivity index (χ1v) is 10.1. The lowest BCUT2D eigenvalue weighted by atomic mass is 9.94. The average Bonchev–Trinajstić information content (AvgIpc) is 2.70. The third-order valence-corrected chi connectivity index (χ3v) is 5.52. The number of piperazine rings is 1. The highest BCUT2D eigenvalue weighted by molar-refractivity contribution is 5.80. The summed E-state index contributed by atoms with van der Waals surface area (Å²) < 4.78 is 0. The molecule has 0 amide bonds. The van der Waals surface area contributed by atoms with Gasteiger partial charge in [-0.2, -0.15) is 0 Å². The van der Waals surface area contributed by atoms with Gasteiger partial charge in [0, 0.05) is 45.5 Å². The highest BCUT2D eigenvalue weighted by Gasteiger charge is 2.21. The minimum absolute atomic E-state index is 0.846. The number of hydrogen-bond donors (Lipinski definition) is 1. The van der Waals surface area contributed by atoms with Gasteiger partial charge in [-0.1, -0.05) is 6.07 Å². The first-order valence-electron chi connectivity index (χ1n) is 10.1. The Morgan fingerprint density at radius 2 is 1.92 bits per heavy atom. The van der Waals surface area contributed by atoms with Gasteiger partial charge >= 0.3 is 0 Å². The number of rotatable bonds is 5. The van der Waals surface area contributed by atoms with Gasteiger partial charge in [0.15, 0.2) is 5.96 Å². The molecule has 6 heteroatoms. The van der Waals surface area contributed by atoms with Crippen molar-refractivity contribution in [3.05, 3.63) is 24.4 Å². The molecule has 144 valence electrons. The molecule has 0 saturated carbocycles. The van der Waals surface area contributed by atoms with E-state index >= 15 is 0 Å². The third kappa shape index (κ3) is 5.34. The van der Waals surface area contributed by atoms with Crippen molar-refractivity contribution in [2.75, 3.05) is 64.3 Å². The van der Waals surface area contributed by atoms with Crippen molar-refractivity contribution in [2.24, 2.45) is 10.9 Å². The van der Waals surface area contributed by atoms with E-state index in [1.165, 1.54) is 32.4 Å². The number of nitrogens with one attached hydrogen (secondary N) is 1. The van der Waals surface area contributed by atoms with Crippen LogP contribution in [0, 0.1) is 5.92 Å². The zero-order chi connectivity index (χ0) is 18.2. The Labute approximate surface area is 158 Å². The van der Waals surface area contributed by atoms with E-state index in [-0.39, 0.29) is 0 Å². The molecule has 1 aromatic rings. The summed E-state index contributed by atoms with van der Waals surface area (Å²) in [7, 11) is 2.22. The molecule has 0 radical (unpaired) electrons. The minimum atomic E-state index is 0.846. The summed E-state index contributed by atoms with van der Waals surface area (Å²) in [5.74, 6) is 3.01. The van der Waals surface area contributed by atoms with Crippen molar-refractivity contribution < 1.29 is 0 Å². The van der Waals surface area contributed by atoms with Crippen molar-refractivity contribution in [3.63, 3.8) is 0 Å². The molecule has 0 spiro atoms. The second-order valence-corrected chi connectivity index (χ2v) is 7.43. The molecule has 1 N–H and O–H groups in total. The molecule has 26 heavy (non-hydrogen) atoms. The molecular formula is C20H34N6.